The lowest BCUT2D eigenvalue weighted by Gasteiger charge is -2.12. The first-order valence-electron chi connectivity index (χ1n) is 10.4. The van der Waals surface area contributed by atoms with Gasteiger partial charge in [-0.3, -0.25) is 4.79 Å². The molecular weight excluding hydrogens is 458 g/mol. The van der Waals surface area contributed by atoms with E-state index >= 15 is 0 Å². The molecule has 1 amide bonds. The second kappa shape index (κ2) is 8.58. The minimum atomic E-state index is -3.78. The number of benzene rings is 3. The van der Waals surface area contributed by atoms with E-state index in [-0.39, 0.29) is 22.3 Å². The first-order chi connectivity index (χ1) is 15.9. The number of nitrogens with one attached hydrogen (secondary N) is 2. The molecule has 168 valence electrons. The highest BCUT2D eigenvalue weighted by molar-refractivity contribution is 7.89. The van der Waals surface area contributed by atoms with Gasteiger partial charge in [-0.1, -0.05) is 12.1 Å². The van der Waals surface area contributed by atoms with Crippen LogP contribution in [0.4, 0.5) is 5.69 Å². The molecule has 1 aromatic heterocycles. The van der Waals surface area contributed by atoms with Crippen molar-refractivity contribution >= 4 is 43.2 Å². The molecule has 4 aromatic rings. The monoisotopic (exact) mass is 479 g/mol. The second-order valence-corrected chi connectivity index (χ2v) is 10.5. The summed E-state index contributed by atoms with van der Waals surface area (Å²) in [6, 6.07) is 19.7. The predicted molar refractivity (Wildman–Crippen MR) is 129 cm³/mol. The van der Waals surface area contributed by atoms with Gasteiger partial charge in [0.15, 0.2) is 0 Å². The zero-order chi connectivity index (χ0) is 23.0. The van der Waals surface area contributed by atoms with Crippen molar-refractivity contribution in [2.75, 3.05) is 12.4 Å². The first-order valence-corrected chi connectivity index (χ1v) is 12.7. The maximum atomic E-state index is 12.8. The van der Waals surface area contributed by atoms with Crippen LogP contribution in [-0.4, -0.2) is 32.5 Å². The van der Waals surface area contributed by atoms with Gasteiger partial charge in [-0.2, -0.15) is 0 Å². The Morgan fingerprint density at radius 2 is 1.82 bits per heavy atom. The zero-order valence-electron chi connectivity index (χ0n) is 17.7. The Labute approximate surface area is 195 Å². The normalized spacial score (nSPS) is 13.7. The molecular formula is C24H21N3O4S2. The Balaban J connectivity index is 1.35. The summed E-state index contributed by atoms with van der Waals surface area (Å²) in [7, 11) is -2.38. The standard InChI is InChI=1S/C24H21N3O4S2/c1-31-20-13-8-16(14-22(20)33(29,30)27-18-11-12-18)23(28)25-17-9-6-15(7-10-17)24-26-19-4-2-3-5-21(19)32-24/h2-10,13-14,18,27H,11-12H2,1H3,(H,25,28). The van der Waals surface area contributed by atoms with Crippen molar-refractivity contribution in [3.63, 3.8) is 0 Å². The minimum Gasteiger partial charge on any atom is -0.495 e. The van der Waals surface area contributed by atoms with Crippen LogP contribution in [0.25, 0.3) is 20.8 Å². The summed E-state index contributed by atoms with van der Waals surface area (Å²) in [6.07, 6.45) is 1.63. The van der Waals surface area contributed by atoms with Gasteiger partial charge in [-0.15, -0.1) is 11.3 Å². The fourth-order valence-corrected chi connectivity index (χ4v) is 5.88. The van der Waals surface area contributed by atoms with Gasteiger partial charge in [-0.25, -0.2) is 18.1 Å². The van der Waals surface area contributed by atoms with E-state index in [2.05, 4.69) is 15.0 Å². The second-order valence-electron chi connectivity index (χ2n) is 7.78. The lowest BCUT2D eigenvalue weighted by Crippen LogP contribution is -2.26. The molecule has 0 aliphatic heterocycles. The first kappa shape index (κ1) is 21.6. The number of para-hydroxylation sites is 1. The summed E-state index contributed by atoms with van der Waals surface area (Å²) < 4.78 is 34.4. The summed E-state index contributed by atoms with van der Waals surface area (Å²) in [5.41, 5.74) is 2.73. The van der Waals surface area contributed by atoms with E-state index in [1.54, 1.807) is 29.5 Å². The molecule has 0 atom stereocenters. The molecule has 3 aromatic carbocycles. The Kier molecular flexibility index (Phi) is 5.61. The maximum absolute atomic E-state index is 12.8. The van der Waals surface area contributed by atoms with Crippen LogP contribution in [0, 0.1) is 0 Å². The molecule has 1 aliphatic rings. The number of carbonyl (C=O) groups is 1. The number of aromatic nitrogens is 1. The maximum Gasteiger partial charge on any atom is 0.255 e. The number of anilines is 1. The highest BCUT2D eigenvalue weighted by Gasteiger charge is 2.30. The van der Waals surface area contributed by atoms with E-state index in [4.69, 9.17) is 4.74 Å². The molecule has 0 spiro atoms. The van der Waals surface area contributed by atoms with Gasteiger partial charge in [0.05, 0.1) is 17.3 Å². The fourth-order valence-electron chi connectivity index (χ4n) is 3.41. The molecule has 1 saturated carbocycles. The van der Waals surface area contributed by atoms with Crippen molar-refractivity contribution in [1.29, 1.82) is 0 Å². The Morgan fingerprint density at radius 1 is 1.06 bits per heavy atom. The smallest absolute Gasteiger partial charge is 0.255 e. The topological polar surface area (TPSA) is 97.4 Å². The van der Waals surface area contributed by atoms with E-state index in [0.29, 0.717) is 5.69 Å². The van der Waals surface area contributed by atoms with E-state index in [9.17, 15) is 13.2 Å². The van der Waals surface area contributed by atoms with Crippen LogP contribution >= 0.6 is 11.3 Å². The number of amides is 1. The summed E-state index contributed by atoms with van der Waals surface area (Å²) in [4.78, 5) is 17.4. The van der Waals surface area contributed by atoms with E-state index in [0.717, 1.165) is 33.6 Å². The number of hydrogen-bond acceptors (Lipinski definition) is 6. The molecule has 0 unspecified atom stereocenters. The molecule has 9 heteroatoms. The highest BCUT2D eigenvalue weighted by Crippen LogP contribution is 2.31. The van der Waals surface area contributed by atoms with Crippen molar-refractivity contribution in [3.8, 4) is 16.3 Å². The molecule has 0 radical (unpaired) electrons. The number of carbonyl (C=O) groups excluding carboxylic acids is 1. The Morgan fingerprint density at radius 3 is 2.52 bits per heavy atom. The van der Waals surface area contributed by atoms with E-state index in [1.165, 1.54) is 19.2 Å². The molecule has 7 nitrogen and oxygen atoms in total. The molecule has 1 aliphatic carbocycles. The zero-order valence-corrected chi connectivity index (χ0v) is 19.4. The summed E-state index contributed by atoms with van der Waals surface area (Å²) in [6.45, 7) is 0. The SMILES string of the molecule is COc1ccc(C(=O)Nc2ccc(-c3nc4ccccc4s3)cc2)cc1S(=O)(=O)NC1CC1. The number of rotatable bonds is 7. The summed E-state index contributed by atoms with van der Waals surface area (Å²) in [5, 5.41) is 3.73. The van der Waals surface area contributed by atoms with Gasteiger partial charge in [-0.05, 0) is 67.4 Å². The Bertz CT molecular complexity index is 1410. The third-order valence-electron chi connectivity index (χ3n) is 5.30. The number of nitrogens with zero attached hydrogens (tertiary/aromatic N) is 1. The van der Waals surface area contributed by atoms with Gasteiger partial charge < -0.3 is 10.1 Å². The third kappa shape index (κ3) is 4.61. The van der Waals surface area contributed by atoms with Gasteiger partial charge in [0.2, 0.25) is 10.0 Å². The summed E-state index contributed by atoms with van der Waals surface area (Å²) >= 11 is 1.61. The van der Waals surface area contributed by atoms with Crippen LogP contribution in [0.1, 0.15) is 23.2 Å². The largest absolute Gasteiger partial charge is 0.495 e. The van der Waals surface area contributed by atoms with Gasteiger partial charge in [0, 0.05) is 22.9 Å². The van der Waals surface area contributed by atoms with Gasteiger partial charge >= 0.3 is 0 Å². The number of methoxy groups -OCH3 is 1. The molecule has 1 fully saturated rings. The number of sulfonamides is 1. The van der Waals surface area contributed by atoms with Crippen molar-refractivity contribution in [2.45, 2.75) is 23.8 Å². The molecule has 0 bridgehead atoms. The lowest BCUT2D eigenvalue weighted by molar-refractivity contribution is 0.102. The van der Waals surface area contributed by atoms with Gasteiger partial charge in [0.1, 0.15) is 15.7 Å². The minimum absolute atomic E-state index is 0.0456. The van der Waals surface area contributed by atoms with Crippen LogP contribution in [-0.2, 0) is 10.0 Å². The molecule has 33 heavy (non-hydrogen) atoms. The molecule has 1 heterocycles. The number of thiazole rings is 1. The summed E-state index contributed by atoms with van der Waals surface area (Å²) in [5.74, 6) is -0.215. The lowest BCUT2D eigenvalue weighted by atomic mass is 10.1. The highest BCUT2D eigenvalue weighted by atomic mass is 32.2. The fraction of sp³-hybridized carbons (Fsp3) is 0.167. The van der Waals surface area contributed by atoms with Crippen molar-refractivity contribution in [1.82, 2.24) is 9.71 Å². The number of fused-ring (bicyclic) bond motifs is 1. The number of hydrogen-bond donors (Lipinski definition) is 2. The van der Waals surface area contributed by atoms with E-state index < -0.39 is 15.9 Å². The molecule has 0 saturated heterocycles. The van der Waals surface area contributed by atoms with Crippen molar-refractivity contribution in [2.24, 2.45) is 0 Å². The number of ether oxygens (including phenoxy) is 1. The average molecular weight is 480 g/mol. The third-order valence-corrected chi connectivity index (χ3v) is 7.93. The van der Waals surface area contributed by atoms with Gasteiger partial charge in [0.25, 0.3) is 5.91 Å². The van der Waals surface area contributed by atoms with Crippen LogP contribution in [0.5, 0.6) is 5.75 Å². The average Bonchev–Trinajstić information content (AvgIpc) is 3.52. The van der Waals surface area contributed by atoms with Crippen molar-refractivity contribution < 1.29 is 17.9 Å². The Hall–Kier alpha value is -3.27. The van der Waals surface area contributed by atoms with Crippen molar-refractivity contribution in [3.05, 3.63) is 72.3 Å². The van der Waals surface area contributed by atoms with Crippen LogP contribution < -0.4 is 14.8 Å². The molecule has 2 N–H and O–H groups in total. The predicted octanol–water partition coefficient (Wildman–Crippen LogP) is 4.66. The quantitative estimate of drug-likeness (QED) is 0.402. The van der Waals surface area contributed by atoms with Crippen LogP contribution in [0.2, 0.25) is 0 Å². The van der Waals surface area contributed by atoms with Crippen LogP contribution in [0.15, 0.2) is 71.6 Å². The van der Waals surface area contributed by atoms with Crippen LogP contribution in [0.3, 0.4) is 0 Å². The van der Waals surface area contributed by atoms with E-state index in [1.807, 2.05) is 36.4 Å². The molecule has 5 rings (SSSR count).